The summed E-state index contributed by atoms with van der Waals surface area (Å²) in [6, 6.07) is 0. The maximum Gasteiger partial charge on any atom is 0.0848 e. The normalized spacial score (nSPS) is 46.9. The van der Waals surface area contributed by atoms with Gasteiger partial charge in [-0.3, -0.25) is 4.68 Å². The molecule has 4 aliphatic carbocycles. The lowest BCUT2D eigenvalue weighted by Crippen LogP contribution is -2.54. The van der Waals surface area contributed by atoms with Crippen LogP contribution in [-0.4, -0.2) is 31.2 Å². The third kappa shape index (κ3) is 3.79. The van der Waals surface area contributed by atoms with Crippen LogP contribution >= 0.6 is 0 Å². The third-order valence-corrected chi connectivity index (χ3v) is 11.3. The van der Waals surface area contributed by atoms with Gasteiger partial charge >= 0.3 is 0 Å². The van der Waals surface area contributed by atoms with Gasteiger partial charge < -0.3 is 10.2 Å². The summed E-state index contributed by atoms with van der Waals surface area (Å²) < 4.78 is 1.83. The fourth-order valence-corrected chi connectivity index (χ4v) is 9.53. The summed E-state index contributed by atoms with van der Waals surface area (Å²) in [6.45, 7) is 9.65. The Bertz CT molecular complexity index is 926. The van der Waals surface area contributed by atoms with Gasteiger partial charge in [-0.25, -0.2) is 0 Å². The van der Waals surface area contributed by atoms with E-state index in [1.807, 2.05) is 17.8 Å². The van der Waals surface area contributed by atoms with Gasteiger partial charge in [-0.1, -0.05) is 19.8 Å². The Labute approximate surface area is 200 Å². The van der Waals surface area contributed by atoms with Gasteiger partial charge in [-0.05, 0) is 118 Å². The average Bonchev–Trinajstić information content (AvgIpc) is 3.32. The Morgan fingerprint density at radius 1 is 1.03 bits per heavy atom. The summed E-state index contributed by atoms with van der Waals surface area (Å²) in [7, 11) is 0. The maximum atomic E-state index is 11.7. The molecule has 0 saturated heterocycles. The molecule has 0 unspecified atom stereocenters. The van der Waals surface area contributed by atoms with Crippen molar-refractivity contribution < 1.29 is 10.2 Å². The Morgan fingerprint density at radius 3 is 2.52 bits per heavy atom. The van der Waals surface area contributed by atoms with Gasteiger partial charge in [0.15, 0.2) is 0 Å². The average molecular weight is 453 g/mol. The van der Waals surface area contributed by atoms with Crippen molar-refractivity contribution in [3.05, 3.63) is 18.0 Å². The van der Waals surface area contributed by atoms with Crippen LogP contribution in [0.15, 0.2) is 12.4 Å². The molecule has 4 heteroatoms. The maximum absolute atomic E-state index is 11.7. The van der Waals surface area contributed by atoms with E-state index >= 15 is 0 Å². The summed E-state index contributed by atoms with van der Waals surface area (Å²) in [6.07, 6.45) is 20.9. The van der Waals surface area contributed by atoms with E-state index in [4.69, 9.17) is 6.42 Å². The number of rotatable bonds is 3. The number of aliphatic hydroxyl groups is 2. The Hall–Kier alpha value is -1.31. The van der Waals surface area contributed by atoms with Crippen LogP contribution in [0.25, 0.3) is 0 Å². The molecule has 1 heterocycles. The zero-order chi connectivity index (χ0) is 23.6. The third-order valence-electron chi connectivity index (χ3n) is 11.3. The van der Waals surface area contributed by atoms with Crippen molar-refractivity contribution in [2.75, 3.05) is 0 Å². The SMILES string of the molecule is C#Cc1cnn(C[C@](C)(O)[C@H]2CC[C@H]3[C@@H]4CC[C@H]5CC[C@](C)(O)CC[C@]5(C)[C@H]4CC[C@@]32C)c1. The van der Waals surface area contributed by atoms with E-state index in [1.165, 1.54) is 44.9 Å². The first-order valence-electron chi connectivity index (χ1n) is 13.4. The highest BCUT2D eigenvalue weighted by Gasteiger charge is 2.62. The molecule has 0 aliphatic heterocycles. The van der Waals surface area contributed by atoms with Crippen LogP contribution in [-0.2, 0) is 6.54 Å². The van der Waals surface area contributed by atoms with Crippen molar-refractivity contribution in [3.63, 3.8) is 0 Å². The highest BCUT2D eigenvalue weighted by molar-refractivity contribution is 5.26. The van der Waals surface area contributed by atoms with E-state index in [-0.39, 0.29) is 11.3 Å². The van der Waals surface area contributed by atoms with Crippen LogP contribution in [0.2, 0.25) is 0 Å². The fraction of sp³-hybridized carbons (Fsp3) is 0.828. The summed E-state index contributed by atoms with van der Waals surface area (Å²) in [5.41, 5.74) is 0.0467. The molecule has 4 fully saturated rings. The van der Waals surface area contributed by atoms with Crippen LogP contribution in [0.5, 0.6) is 0 Å². The first kappa shape index (κ1) is 23.4. The lowest BCUT2D eigenvalue weighted by molar-refractivity contribution is -0.131. The Balaban J connectivity index is 1.37. The first-order chi connectivity index (χ1) is 15.5. The molecule has 4 nitrogen and oxygen atoms in total. The molecular formula is C29H44N2O2. The van der Waals surface area contributed by atoms with Crippen LogP contribution in [0.3, 0.4) is 0 Å². The molecule has 0 radical (unpaired) electrons. The summed E-state index contributed by atoms with van der Waals surface area (Å²) in [4.78, 5) is 0. The minimum absolute atomic E-state index is 0.187. The molecule has 1 aromatic rings. The van der Waals surface area contributed by atoms with Crippen molar-refractivity contribution in [3.8, 4) is 12.3 Å². The molecule has 33 heavy (non-hydrogen) atoms. The van der Waals surface area contributed by atoms with E-state index in [0.717, 1.165) is 42.6 Å². The van der Waals surface area contributed by atoms with Gasteiger partial charge in [0.1, 0.15) is 0 Å². The second-order valence-corrected chi connectivity index (χ2v) is 13.3. The van der Waals surface area contributed by atoms with Crippen LogP contribution in [0.1, 0.15) is 97.5 Å². The monoisotopic (exact) mass is 452 g/mol. The van der Waals surface area contributed by atoms with Crippen molar-refractivity contribution in [1.29, 1.82) is 0 Å². The zero-order valence-electron chi connectivity index (χ0n) is 21.2. The molecule has 5 rings (SSSR count). The molecular weight excluding hydrogens is 408 g/mol. The van der Waals surface area contributed by atoms with Crippen molar-refractivity contribution in [1.82, 2.24) is 9.78 Å². The minimum Gasteiger partial charge on any atom is -0.390 e. The highest BCUT2D eigenvalue weighted by Crippen LogP contribution is 2.68. The van der Waals surface area contributed by atoms with E-state index in [1.54, 1.807) is 6.20 Å². The topological polar surface area (TPSA) is 58.3 Å². The molecule has 2 N–H and O–H groups in total. The van der Waals surface area contributed by atoms with Gasteiger partial charge in [0, 0.05) is 6.20 Å². The van der Waals surface area contributed by atoms with Crippen LogP contribution < -0.4 is 0 Å². The van der Waals surface area contributed by atoms with E-state index in [9.17, 15) is 10.2 Å². The lowest BCUT2D eigenvalue weighted by atomic mass is 9.45. The van der Waals surface area contributed by atoms with E-state index in [2.05, 4.69) is 31.8 Å². The predicted molar refractivity (Wildman–Crippen MR) is 131 cm³/mol. The number of hydrogen-bond donors (Lipinski definition) is 2. The summed E-state index contributed by atoms with van der Waals surface area (Å²) >= 11 is 0. The smallest absolute Gasteiger partial charge is 0.0848 e. The van der Waals surface area contributed by atoms with Gasteiger partial charge in [0.25, 0.3) is 0 Å². The van der Waals surface area contributed by atoms with E-state index < -0.39 is 11.2 Å². The largest absolute Gasteiger partial charge is 0.390 e. The summed E-state index contributed by atoms with van der Waals surface area (Å²) in [5.74, 6) is 5.94. The zero-order valence-corrected chi connectivity index (χ0v) is 21.2. The molecule has 4 saturated carbocycles. The molecule has 0 bridgehead atoms. The number of aromatic nitrogens is 2. The number of fused-ring (bicyclic) bond motifs is 5. The van der Waals surface area contributed by atoms with Crippen LogP contribution in [0, 0.1) is 52.8 Å². The Kier molecular flexibility index (Phi) is 5.58. The van der Waals surface area contributed by atoms with Gasteiger partial charge in [-0.15, -0.1) is 6.42 Å². The lowest BCUT2D eigenvalue weighted by Gasteiger charge is -2.60. The van der Waals surface area contributed by atoms with Crippen molar-refractivity contribution in [2.45, 2.75) is 110 Å². The Morgan fingerprint density at radius 2 is 1.79 bits per heavy atom. The minimum atomic E-state index is -0.795. The predicted octanol–water partition coefficient (Wildman–Crippen LogP) is 5.42. The molecule has 4 aliphatic rings. The molecule has 1 aromatic heterocycles. The molecule has 0 spiro atoms. The summed E-state index contributed by atoms with van der Waals surface area (Å²) in [5, 5.41) is 27.0. The molecule has 9 atom stereocenters. The fourth-order valence-electron chi connectivity index (χ4n) is 9.53. The quantitative estimate of drug-likeness (QED) is 0.603. The second kappa shape index (κ2) is 7.85. The molecule has 0 aromatic carbocycles. The molecule has 182 valence electrons. The van der Waals surface area contributed by atoms with Crippen molar-refractivity contribution in [2.24, 2.45) is 40.4 Å². The van der Waals surface area contributed by atoms with Crippen LogP contribution in [0.4, 0.5) is 0 Å². The van der Waals surface area contributed by atoms with Gasteiger partial charge in [-0.2, -0.15) is 5.10 Å². The number of nitrogens with zero attached hydrogens (tertiary/aromatic N) is 2. The molecule has 0 amide bonds. The number of terminal acetylenes is 1. The van der Waals surface area contributed by atoms with Crippen molar-refractivity contribution >= 4 is 0 Å². The van der Waals surface area contributed by atoms with Gasteiger partial charge in [0.05, 0.1) is 29.5 Å². The highest BCUT2D eigenvalue weighted by atomic mass is 16.3. The first-order valence-corrected chi connectivity index (χ1v) is 13.4. The van der Waals surface area contributed by atoms with Gasteiger partial charge in [0.2, 0.25) is 0 Å². The standard InChI is InChI=1S/C29H44N2O2/c1-6-20-17-30-31(18-20)19-29(5,33)25-10-9-23-22-8-7-21-11-13-26(2,32)15-16-27(21,3)24(22)12-14-28(23,25)4/h1,17-18,21-25,32-33H,7-16,19H2,2-5H3/t21-,22-,23-,24-,25-,26-,27-,28-,29-/m0/s1. The van der Waals surface area contributed by atoms with E-state index in [0.29, 0.717) is 17.9 Å². The second-order valence-electron chi connectivity index (χ2n) is 13.3. The number of hydrogen-bond acceptors (Lipinski definition) is 3.